The van der Waals surface area contributed by atoms with Gasteiger partial charge in [0.05, 0.1) is 17.7 Å². The van der Waals surface area contributed by atoms with Crippen LogP contribution in [0.1, 0.15) is 29.9 Å². The Morgan fingerprint density at radius 1 is 1.40 bits per heavy atom. The van der Waals surface area contributed by atoms with Crippen LogP contribution in [0.2, 0.25) is 0 Å². The molecule has 5 heteroatoms. The fraction of sp³-hybridized carbons (Fsp3) is 0.200. The fourth-order valence-corrected chi connectivity index (χ4v) is 2.46. The molecule has 1 aromatic heterocycles. The van der Waals surface area contributed by atoms with Crippen LogP contribution in [-0.2, 0) is 9.59 Å². The van der Waals surface area contributed by atoms with Crippen LogP contribution in [0.25, 0.3) is 11.0 Å². The van der Waals surface area contributed by atoms with Gasteiger partial charge in [-0.3, -0.25) is 14.9 Å². The van der Waals surface area contributed by atoms with Gasteiger partial charge in [-0.1, -0.05) is 5.92 Å². The molecule has 0 aliphatic carbocycles. The van der Waals surface area contributed by atoms with Crippen LogP contribution in [0.4, 0.5) is 4.39 Å². The predicted octanol–water partition coefficient (Wildman–Crippen LogP) is 2.07. The van der Waals surface area contributed by atoms with Crippen molar-refractivity contribution < 1.29 is 18.4 Å². The monoisotopic (exact) mass is 271 g/mol. The standard InChI is InChI=1S/C15H10FNO3/c1-2-8-3-4-9-11(7-20-14(9)13(8)16)10-5-6-12(18)17-15(10)19/h1,3-4,7,10H,5-6H2,(H,17,18,19). The van der Waals surface area contributed by atoms with Crippen LogP contribution in [0.3, 0.4) is 0 Å². The number of amides is 2. The first-order valence-electron chi connectivity index (χ1n) is 6.11. The third kappa shape index (κ3) is 1.77. The number of hydrogen-bond acceptors (Lipinski definition) is 3. The minimum Gasteiger partial charge on any atom is -0.461 e. The van der Waals surface area contributed by atoms with E-state index in [9.17, 15) is 14.0 Å². The summed E-state index contributed by atoms with van der Waals surface area (Å²) in [5.41, 5.74) is 0.731. The summed E-state index contributed by atoms with van der Waals surface area (Å²) in [5.74, 6) is 0.439. The second-order valence-electron chi connectivity index (χ2n) is 4.64. The number of fused-ring (bicyclic) bond motifs is 1. The van der Waals surface area contributed by atoms with Gasteiger partial charge >= 0.3 is 0 Å². The maximum Gasteiger partial charge on any atom is 0.234 e. The van der Waals surface area contributed by atoms with E-state index in [1.807, 2.05) is 0 Å². The average molecular weight is 271 g/mol. The van der Waals surface area contributed by atoms with E-state index in [1.54, 1.807) is 6.07 Å². The van der Waals surface area contributed by atoms with Crippen molar-refractivity contribution in [2.75, 3.05) is 0 Å². The van der Waals surface area contributed by atoms with E-state index in [0.717, 1.165) is 0 Å². The van der Waals surface area contributed by atoms with Crippen molar-refractivity contribution in [1.82, 2.24) is 5.32 Å². The molecular weight excluding hydrogens is 261 g/mol. The van der Waals surface area contributed by atoms with Crippen molar-refractivity contribution in [2.24, 2.45) is 0 Å². The summed E-state index contributed by atoms with van der Waals surface area (Å²) in [5, 5.41) is 2.78. The van der Waals surface area contributed by atoms with E-state index in [-0.39, 0.29) is 29.4 Å². The number of hydrogen-bond donors (Lipinski definition) is 1. The Hall–Kier alpha value is -2.61. The molecule has 0 radical (unpaired) electrons. The predicted molar refractivity (Wildman–Crippen MR) is 69.2 cm³/mol. The van der Waals surface area contributed by atoms with E-state index >= 15 is 0 Å². The molecule has 2 amide bonds. The van der Waals surface area contributed by atoms with Gasteiger partial charge in [0.2, 0.25) is 11.8 Å². The van der Waals surface area contributed by atoms with Crippen molar-refractivity contribution in [2.45, 2.75) is 18.8 Å². The van der Waals surface area contributed by atoms with Crippen LogP contribution in [0, 0.1) is 18.2 Å². The topological polar surface area (TPSA) is 59.3 Å². The highest BCUT2D eigenvalue weighted by Gasteiger charge is 2.31. The summed E-state index contributed by atoms with van der Waals surface area (Å²) in [4.78, 5) is 23.0. The lowest BCUT2D eigenvalue weighted by Crippen LogP contribution is -2.39. The van der Waals surface area contributed by atoms with Gasteiger partial charge in [-0.05, 0) is 18.6 Å². The molecule has 0 spiro atoms. The number of nitrogens with one attached hydrogen (secondary N) is 1. The van der Waals surface area contributed by atoms with E-state index in [0.29, 0.717) is 17.4 Å². The second-order valence-corrected chi connectivity index (χ2v) is 4.64. The van der Waals surface area contributed by atoms with Gasteiger partial charge in [-0.2, -0.15) is 0 Å². The van der Waals surface area contributed by atoms with Crippen molar-refractivity contribution in [3.63, 3.8) is 0 Å². The van der Waals surface area contributed by atoms with E-state index in [2.05, 4.69) is 11.2 Å². The van der Waals surface area contributed by atoms with E-state index in [1.165, 1.54) is 12.3 Å². The van der Waals surface area contributed by atoms with Crippen molar-refractivity contribution in [1.29, 1.82) is 0 Å². The molecule has 0 saturated carbocycles. The zero-order valence-electron chi connectivity index (χ0n) is 10.4. The minimum absolute atomic E-state index is 0.0418. The van der Waals surface area contributed by atoms with Gasteiger partial charge in [0.25, 0.3) is 0 Å². The van der Waals surface area contributed by atoms with E-state index in [4.69, 9.17) is 10.8 Å². The molecule has 4 nitrogen and oxygen atoms in total. The Kier molecular flexibility index (Phi) is 2.79. The van der Waals surface area contributed by atoms with Crippen LogP contribution in [-0.4, -0.2) is 11.8 Å². The smallest absolute Gasteiger partial charge is 0.234 e. The fourth-order valence-electron chi connectivity index (χ4n) is 2.46. The first-order valence-corrected chi connectivity index (χ1v) is 6.11. The summed E-state index contributed by atoms with van der Waals surface area (Å²) >= 11 is 0. The minimum atomic E-state index is -0.608. The summed E-state index contributed by atoms with van der Waals surface area (Å²) in [6, 6.07) is 3.11. The van der Waals surface area contributed by atoms with Crippen molar-refractivity contribution in [3.8, 4) is 12.3 Å². The highest BCUT2D eigenvalue weighted by atomic mass is 19.1. The lowest BCUT2D eigenvalue weighted by molar-refractivity contribution is -0.134. The quantitative estimate of drug-likeness (QED) is 0.638. The highest BCUT2D eigenvalue weighted by Crippen LogP contribution is 2.34. The number of halogens is 1. The molecule has 1 fully saturated rings. The summed E-state index contributed by atoms with van der Waals surface area (Å²) in [6.07, 6.45) is 7.20. The summed E-state index contributed by atoms with van der Waals surface area (Å²) in [6.45, 7) is 0. The van der Waals surface area contributed by atoms with Gasteiger partial charge in [-0.25, -0.2) is 4.39 Å². The van der Waals surface area contributed by atoms with Crippen molar-refractivity contribution in [3.05, 3.63) is 35.3 Å². The Balaban J connectivity index is 2.10. The number of benzene rings is 1. The summed E-state index contributed by atoms with van der Waals surface area (Å²) in [7, 11) is 0. The molecule has 0 bridgehead atoms. The Labute approximate surface area is 113 Å². The lowest BCUT2D eigenvalue weighted by Gasteiger charge is -2.19. The SMILES string of the molecule is C#Cc1ccc2c(C3CCC(=O)NC3=O)coc2c1F. The largest absolute Gasteiger partial charge is 0.461 e. The Morgan fingerprint density at radius 3 is 2.90 bits per heavy atom. The molecule has 3 rings (SSSR count). The molecule has 1 atom stereocenters. The molecule has 2 aromatic rings. The number of carbonyl (C=O) groups is 2. The number of carbonyl (C=O) groups excluding carboxylic acids is 2. The molecule has 2 heterocycles. The van der Waals surface area contributed by atoms with E-state index < -0.39 is 11.7 Å². The zero-order chi connectivity index (χ0) is 14.3. The summed E-state index contributed by atoms with van der Waals surface area (Å²) < 4.78 is 19.2. The van der Waals surface area contributed by atoms with Crippen LogP contribution >= 0.6 is 0 Å². The third-order valence-electron chi connectivity index (χ3n) is 3.48. The lowest BCUT2D eigenvalue weighted by atomic mass is 9.90. The number of imide groups is 1. The molecule has 20 heavy (non-hydrogen) atoms. The maximum absolute atomic E-state index is 14.0. The van der Waals surface area contributed by atoms with Crippen LogP contribution in [0.15, 0.2) is 22.8 Å². The molecule has 100 valence electrons. The molecule has 1 aliphatic heterocycles. The highest BCUT2D eigenvalue weighted by molar-refractivity contribution is 6.02. The van der Waals surface area contributed by atoms with Gasteiger partial charge in [0, 0.05) is 17.4 Å². The Morgan fingerprint density at radius 2 is 2.20 bits per heavy atom. The van der Waals surface area contributed by atoms with Gasteiger partial charge < -0.3 is 4.42 Å². The molecule has 1 unspecified atom stereocenters. The van der Waals surface area contributed by atoms with Crippen molar-refractivity contribution >= 4 is 22.8 Å². The Bertz CT molecular complexity index is 769. The normalized spacial score (nSPS) is 18.9. The number of terminal acetylenes is 1. The molecule has 1 aromatic carbocycles. The van der Waals surface area contributed by atoms with Gasteiger partial charge in [-0.15, -0.1) is 6.42 Å². The zero-order valence-corrected chi connectivity index (χ0v) is 10.4. The number of rotatable bonds is 1. The first-order chi connectivity index (χ1) is 9.61. The molecule has 1 N–H and O–H groups in total. The average Bonchev–Trinajstić information content (AvgIpc) is 2.84. The molecular formula is C15H10FNO3. The molecule has 1 saturated heterocycles. The number of furan rings is 1. The second kappa shape index (κ2) is 4.49. The molecule has 1 aliphatic rings. The van der Waals surface area contributed by atoms with Gasteiger partial charge in [0.15, 0.2) is 11.4 Å². The van der Waals surface area contributed by atoms with Crippen LogP contribution < -0.4 is 5.32 Å². The van der Waals surface area contributed by atoms with Crippen LogP contribution in [0.5, 0.6) is 0 Å². The third-order valence-corrected chi connectivity index (χ3v) is 3.48. The number of piperidine rings is 1. The maximum atomic E-state index is 14.0. The first kappa shape index (κ1) is 12.4. The van der Waals surface area contributed by atoms with Gasteiger partial charge in [0.1, 0.15) is 0 Å².